The van der Waals surface area contributed by atoms with Crippen molar-refractivity contribution in [2.45, 2.75) is 25.9 Å². The number of carbonyl (C=O) groups is 1. The van der Waals surface area contributed by atoms with Crippen LogP contribution in [-0.4, -0.2) is 53.7 Å². The summed E-state index contributed by atoms with van der Waals surface area (Å²) in [4.78, 5) is 23.0. The lowest BCUT2D eigenvalue weighted by Gasteiger charge is -2.33. The topological polar surface area (TPSA) is 73.8 Å². The van der Waals surface area contributed by atoms with Crippen LogP contribution in [0.25, 0.3) is 0 Å². The third-order valence-electron chi connectivity index (χ3n) is 4.17. The first-order valence-electron chi connectivity index (χ1n) is 8.75. The van der Waals surface area contributed by atoms with E-state index in [0.717, 1.165) is 12.8 Å². The molecular weight excluding hydrogens is 334 g/mol. The van der Waals surface area contributed by atoms with E-state index in [4.69, 9.17) is 14.2 Å². The number of benzene rings is 1. The van der Waals surface area contributed by atoms with Crippen LogP contribution in [0.5, 0.6) is 17.5 Å². The maximum Gasteiger partial charge on any atom is 0.257 e. The number of nitrogens with zero attached hydrogens (tertiary/aromatic N) is 3. The van der Waals surface area contributed by atoms with Crippen LogP contribution in [0, 0.1) is 0 Å². The van der Waals surface area contributed by atoms with E-state index in [1.165, 1.54) is 13.3 Å². The van der Waals surface area contributed by atoms with Gasteiger partial charge in [-0.25, -0.2) is 0 Å². The Kier molecular flexibility index (Phi) is 5.88. The predicted octanol–water partition coefficient (Wildman–Crippen LogP) is 2.57. The van der Waals surface area contributed by atoms with Crippen molar-refractivity contribution in [3.8, 4) is 17.5 Å². The van der Waals surface area contributed by atoms with Crippen LogP contribution in [0.3, 0.4) is 0 Å². The monoisotopic (exact) mass is 357 g/mol. The molecule has 0 aliphatic carbocycles. The number of hydrogen-bond acceptors (Lipinski definition) is 6. The molecule has 3 rings (SSSR count). The smallest absolute Gasteiger partial charge is 0.257 e. The zero-order valence-electron chi connectivity index (χ0n) is 15.1. The summed E-state index contributed by atoms with van der Waals surface area (Å²) in [6, 6.07) is 7.33. The molecule has 1 aliphatic heterocycles. The van der Waals surface area contributed by atoms with Crippen LogP contribution in [0.2, 0.25) is 0 Å². The molecule has 0 spiro atoms. The third kappa shape index (κ3) is 4.22. The van der Waals surface area contributed by atoms with Crippen LogP contribution in [-0.2, 0) is 0 Å². The molecule has 0 bridgehead atoms. The van der Waals surface area contributed by atoms with Gasteiger partial charge in [0.2, 0.25) is 11.8 Å². The van der Waals surface area contributed by atoms with Gasteiger partial charge in [-0.2, -0.15) is 4.98 Å². The Morgan fingerprint density at radius 2 is 2.08 bits per heavy atom. The normalized spacial score (nSPS) is 16.8. The van der Waals surface area contributed by atoms with E-state index in [1.807, 2.05) is 25.1 Å². The third-order valence-corrected chi connectivity index (χ3v) is 4.17. The highest BCUT2D eigenvalue weighted by Crippen LogP contribution is 2.23. The van der Waals surface area contributed by atoms with Gasteiger partial charge in [-0.15, -0.1) is 0 Å². The van der Waals surface area contributed by atoms with Crippen molar-refractivity contribution in [1.82, 2.24) is 14.9 Å². The molecule has 26 heavy (non-hydrogen) atoms. The van der Waals surface area contributed by atoms with Crippen LogP contribution in [0.4, 0.5) is 0 Å². The van der Waals surface area contributed by atoms with Gasteiger partial charge < -0.3 is 19.1 Å². The Bertz CT molecular complexity index is 753. The molecule has 1 amide bonds. The lowest BCUT2D eigenvalue weighted by atomic mass is 10.1. The molecule has 1 atom stereocenters. The molecule has 1 aromatic carbocycles. The zero-order valence-corrected chi connectivity index (χ0v) is 15.1. The molecule has 7 nitrogen and oxygen atoms in total. The Hall–Kier alpha value is -2.83. The van der Waals surface area contributed by atoms with E-state index in [1.54, 1.807) is 17.2 Å². The second-order valence-corrected chi connectivity index (χ2v) is 5.96. The van der Waals surface area contributed by atoms with Crippen LogP contribution in [0.1, 0.15) is 30.1 Å². The van der Waals surface area contributed by atoms with Crippen LogP contribution in [0.15, 0.2) is 36.7 Å². The summed E-state index contributed by atoms with van der Waals surface area (Å²) in [5.41, 5.74) is 0.580. The van der Waals surface area contributed by atoms with Gasteiger partial charge in [0.15, 0.2) is 0 Å². The standard InChI is InChI=1S/C19H23N3O4/c1-3-25-16-9-5-4-8-15(16)19(23)22-10-6-7-14(13-22)26-18-12-20-11-17(21-18)24-2/h4-5,8-9,11-12,14H,3,6-7,10,13H2,1-2H3. The van der Waals surface area contributed by atoms with Gasteiger partial charge in [-0.3, -0.25) is 9.78 Å². The Labute approximate surface area is 152 Å². The molecule has 1 aliphatic rings. The van der Waals surface area contributed by atoms with Crippen molar-refractivity contribution < 1.29 is 19.0 Å². The summed E-state index contributed by atoms with van der Waals surface area (Å²) in [6.45, 7) is 3.62. The van der Waals surface area contributed by atoms with Gasteiger partial charge in [0, 0.05) is 6.54 Å². The molecule has 2 aromatic rings. The largest absolute Gasteiger partial charge is 0.493 e. The van der Waals surface area contributed by atoms with Crippen molar-refractivity contribution in [1.29, 1.82) is 0 Å². The van der Waals surface area contributed by atoms with Gasteiger partial charge in [-0.05, 0) is 31.9 Å². The number of likely N-dealkylation sites (tertiary alicyclic amines) is 1. The first kappa shape index (κ1) is 18.0. The lowest BCUT2D eigenvalue weighted by Crippen LogP contribution is -2.44. The molecule has 0 saturated carbocycles. The number of piperidine rings is 1. The molecule has 1 saturated heterocycles. The Balaban J connectivity index is 1.69. The maximum absolute atomic E-state index is 12.9. The molecule has 1 fully saturated rings. The predicted molar refractivity (Wildman–Crippen MR) is 95.7 cm³/mol. The number of carbonyl (C=O) groups excluding carboxylic acids is 1. The van der Waals surface area contributed by atoms with Crippen molar-refractivity contribution in [2.24, 2.45) is 0 Å². The van der Waals surface area contributed by atoms with Gasteiger partial charge in [0.05, 0.1) is 38.2 Å². The van der Waals surface area contributed by atoms with Gasteiger partial charge in [0.1, 0.15) is 11.9 Å². The number of ether oxygens (including phenoxy) is 3. The first-order chi connectivity index (χ1) is 12.7. The van der Waals surface area contributed by atoms with Crippen molar-refractivity contribution in [3.63, 3.8) is 0 Å². The van der Waals surface area contributed by atoms with E-state index in [0.29, 0.717) is 42.8 Å². The number of amides is 1. The average molecular weight is 357 g/mol. The quantitative estimate of drug-likeness (QED) is 0.791. The van der Waals surface area contributed by atoms with Gasteiger partial charge in [0.25, 0.3) is 5.91 Å². The van der Waals surface area contributed by atoms with Crippen LogP contribution < -0.4 is 14.2 Å². The number of hydrogen-bond donors (Lipinski definition) is 0. The summed E-state index contributed by atoms with van der Waals surface area (Å²) in [6.07, 6.45) is 4.66. The average Bonchev–Trinajstić information content (AvgIpc) is 2.68. The Morgan fingerprint density at radius 1 is 1.27 bits per heavy atom. The minimum atomic E-state index is -0.131. The molecule has 0 N–H and O–H groups in total. The molecule has 1 unspecified atom stereocenters. The van der Waals surface area contributed by atoms with Crippen molar-refractivity contribution in [2.75, 3.05) is 26.8 Å². The highest BCUT2D eigenvalue weighted by Gasteiger charge is 2.27. The summed E-state index contributed by atoms with van der Waals surface area (Å²) in [7, 11) is 1.53. The summed E-state index contributed by atoms with van der Waals surface area (Å²) in [5.74, 6) is 1.37. The fourth-order valence-corrected chi connectivity index (χ4v) is 2.97. The highest BCUT2D eigenvalue weighted by molar-refractivity contribution is 5.97. The molecule has 138 valence electrons. The lowest BCUT2D eigenvalue weighted by molar-refractivity contribution is 0.0522. The number of aromatic nitrogens is 2. The molecule has 2 heterocycles. The molecule has 1 aromatic heterocycles. The van der Waals surface area contributed by atoms with E-state index < -0.39 is 0 Å². The van der Waals surface area contributed by atoms with E-state index >= 15 is 0 Å². The van der Waals surface area contributed by atoms with Crippen LogP contribution >= 0.6 is 0 Å². The van der Waals surface area contributed by atoms with Crippen molar-refractivity contribution in [3.05, 3.63) is 42.2 Å². The fourth-order valence-electron chi connectivity index (χ4n) is 2.97. The SMILES string of the molecule is CCOc1ccccc1C(=O)N1CCCC(Oc2cncc(OC)n2)C1. The summed E-state index contributed by atoms with van der Waals surface area (Å²) >= 11 is 0. The van der Waals surface area contributed by atoms with E-state index in [-0.39, 0.29) is 12.0 Å². The van der Waals surface area contributed by atoms with E-state index in [9.17, 15) is 4.79 Å². The second-order valence-electron chi connectivity index (χ2n) is 5.96. The summed E-state index contributed by atoms with van der Waals surface area (Å²) in [5, 5.41) is 0. The molecular formula is C19H23N3O4. The van der Waals surface area contributed by atoms with Crippen molar-refractivity contribution >= 4 is 5.91 Å². The number of methoxy groups -OCH3 is 1. The highest BCUT2D eigenvalue weighted by atomic mass is 16.5. The van der Waals surface area contributed by atoms with E-state index in [2.05, 4.69) is 9.97 Å². The summed E-state index contributed by atoms with van der Waals surface area (Å²) < 4.78 is 16.6. The molecule has 7 heteroatoms. The maximum atomic E-state index is 12.9. The molecule has 0 radical (unpaired) electrons. The fraction of sp³-hybridized carbons (Fsp3) is 0.421. The number of para-hydroxylation sites is 1. The number of rotatable bonds is 6. The first-order valence-corrected chi connectivity index (χ1v) is 8.75. The zero-order chi connectivity index (χ0) is 18.4. The Morgan fingerprint density at radius 3 is 2.88 bits per heavy atom. The second kappa shape index (κ2) is 8.51. The van der Waals surface area contributed by atoms with Gasteiger partial charge >= 0.3 is 0 Å². The minimum absolute atomic E-state index is 0.0425. The minimum Gasteiger partial charge on any atom is -0.493 e. The van der Waals surface area contributed by atoms with Gasteiger partial charge in [-0.1, -0.05) is 12.1 Å².